The quantitative estimate of drug-likeness (QED) is 0.419. The van der Waals surface area contributed by atoms with Gasteiger partial charge < -0.3 is 4.74 Å². The number of alkyl halides is 6. The van der Waals surface area contributed by atoms with Crippen LogP contribution in [0.3, 0.4) is 0 Å². The van der Waals surface area contributed by atoms with E-state index in [1.165, 1.54) is 0 Å². The van der Waals surface area contributed by atoms with Gasteiger partial charge in [-0.2, -0.15) is 17.6 Å². The number of hydrogen-bond donors (Lipinski definition) is 0. The third-order valence-electron chi connectivity index (χ3n) is 1.45. The minimum Gasteiger partial charge on any atom is -0.312 e. The van der Waals surface area contributed by atoms with E-state index in [9.17, 15) is 26.3 Å². The molecular weight excluding hydrogens is 324 g/mol. The molecule has 0 radical (unpaired) electrons. The fourth-order valence-electron chi connectivity index (χ4n) is 0.494. The summed E-state index contributed by atoms with van der Waals surface area (Å²) in [7, 11) is 0. The molecule has 0 aliphatic rings. The molecule has 0 aromatic carbocycles. The van der Waals surface area contributed by atoms with Crippen molar-refractivity contribution in [2.75, 3.05) is 0 Å². The summed E-state index contributed by atoms with van der Waals surface area (Å²) in [5, 5.41) is 0. The molecule has 0 N–H and O–H groups in total. The van der Waals surface area contributed by atoms with Gasteiger partial charge in [-0.3, -0.25) is 0 Å². The van der Waals surface area contributed by atoms with Crippen molar-refractivity contribution in [1.29, 1.82) is 0 Å². The summed E-state index contributed by atoms with van der Waals surface area (Å²) in [4.78, 5) is 0. The predicted octanol–water partition coefficient (Wildman–Crippen LogP) is 4.08. The van der Waals surface area contributed by atoms with Gasteiger partial charge in [0.2, 0.25) is 0 Å². The summed E-state index contributed by atoms with van der Waals surface area (Å²) in [6.45, 7) is 0.786. The Morgan fingerprint density at radius 3 is 1.69 bits per heavy atom. The molecule has 0 bridgehead atoms. The van der Waals surface area contributed by atoms with Crippen molar-refractivity contribution in [2.45, 2.75) is 31.1 Å². The Kier molecular flexibility index (Phi) is 5.29. The standard InChI is InChI=1S/C5H5Cl3F6OSi/c1-2(16(6,7)8)15-5(13,14)4(11,12)3(9)10/h2-3H,1H3. The second-order valence-electron chi connectivity index (χ2n) is 2.74. The van der Waals surface area contributed by atoms with Crippen LogP contribution in [0.1, 0.15) is 6.92 Å². The molecule has 0 saturated carbocycles. The Hall–Kier alpha value is 0.627. The summed E-state index contributed by atoms with van der Waals surface area (Å²) < 4.78 is 76.7. The van der Waals surface area contributed by atoms with Gasteiger partial charge in [0.05, 0.1) is 5.73 Å². The molecule has 98 valence electrons. The second kappa shape index (κ2) is 5.09. The zero-order chi connectivity index (χ0) is 13.4. The van der Waals surface area contributed by atoms with E-state index >= 15 is 0 Å². The number of ether oxygens (including phenoxy) is 1. The summed E-state index contributed by atoms with van der Waals surface area (Å²) >= 11 is 15.6. The van der Waals surface area contributed by atoms with Crippen LogP contribution in [-0.2, 0) is 4.74 Å². The highest BCUT2D eigenvalue weighted by molar-refractivity contribution is 7.65. The van der Waals surface area contributed by atoms with E-state index in [1.54, 1.807) is 0 Å². The Labute approximate surface area is 102 Å². The van der Waals surface area contributed by atoms with E-state index in [2.05, 4.69) is 4.74 Å². The highest BCUT2D eigenvalue weighted by atomic mass is 35.8. The minimum atomic E-state index is -5.65. The first-order chi connectivity index (χ1) is 6.82. The van der Waals surface area contributed by atoms with E-state index in [0.29, 0.717) is 0 Å². The molecule has 11 heteroatoms. The molecule has 0 aliphatic carbocycles. The number of rotatable bonds is 5. The average molecular weight is 330 g/mol. The summed E-state index contributed by atoms with van der Waals surface area (Å²) in [6, 6.07) is -3.85. The van der Waals surface area contributed by atoms with Crippen molar-refractivity contribution in [2.24, 2.45) is 0 Å². The minimum absolute atomic E-state index is 0.786. The predicted molar refractivity (Wildman–Crippen MR) is 49.8 cm³/mol. The Balaban J connectivity index is 4.83. The zero-order valence-electron chi connectivity index (χ0n) is 7.46. The Morgan fingerprint density at radius 2 is 1.44 bits per heavy atom. The molecule has 1 atom stereocenters. The van der Waals surface area contributed by atoms with Gasteiger partial charge in [-0.25, -0.2) is 8.78 Å². The van der Waals surface area contributed by atoms with Gasteiger partial charge in [-0.1, -0.05) is 0 Å². The van der Waals surface area contributed by atoms with Crippen molar-refractivity contribution < 1.29 is 31.1 Å². The molecule has 0 rings (SSSR count). The van der Waals surface area contributed by atoms with Crippen LogP contribution in [0.2, 0.25) is 0 Å². The van der Waals surface area contributed by atoms with Gasteiger partial charge >= 0.3 is 24.5 Å². The molecule has 0 aromatic heterocycles. The summed E-state index contributed by atoms with van der Waals surface area (Å²) in [5.41, 5.74) is -1.86. The first-order valence-electron chi connectivity index (χ1n) is 3.60. The summed E-state index contributed by atoms with van der Waals surface area (Å²) in [6.07, 6.45) is -10.00. The highest BCUT2D eigenvalue weighted by Crippen LogP contribution is 2.42. The molecule has 0 aromatic rings. The monoisotopic (exact) mass is 328 g/mol. The van der Waals surface area contributed by atoms with Crippen LogP contribution in [-0.4, -0.2) is 30.2 Å². The normalized spacial score (nSPS) is 16.7. The van der Waals surface area contributed by atoms with Gasteiger partial charge in [-0.15, -0.1) is 33.2 Å². The van der Waals surface area contributed by atoms with Gasteiger partial charge in [0.15, 0.2) is 0 Å². The highest BCUT2D eigenvalue weighted by Gasteiger charge is 2.66. The molecule has 0 aliphatic heterocycles. The van der Waals surface area contributed by atoms with Crippen LogP contribution in [0.25, 0.3) is 0 Å². The fourth-order valence-corrected chi connectivity index (χ4v) is 1.18. The van der Waals surface area contributed by atoms with E-state index < -0.39 is 30.2 Å². The molecule has 1 unspecified atom stereocenters. The van der Waals surface area contributed by atoms with Crippen LogP contribution in [0.15, 0.2) is 0 Å². The van der Waals surface area contributed by atoms with Crippen LogP contribution >= 0.6 is 33.2 Å². The van der Waals surface area contributed by atoms with Crippen molar-refractivity contribution in [1.82, 2.24) is 0 Å². The first kappa shape index (κ1) is 16.6. The molecule has 16 heavy (non-hydrogen) atoms. The van der Waals surface area contributed by atoms with Gasteiger partial charge in [-0.05, 0) is 6.92 Å². The maximum absolute atomic E-state index is 12.6. The Morgan fingerprint density at radius 1 is 1.06 bits per heavy atom. The smallest absolute Gasteiger partial charge is 0.312 e. The van der Waals surface area contributed by atoms with Crippen molar-refractivity contribution >= 4 is 39.2 Å². The Bertz CT molecular complexity index is 245. The molecule has 0 heterocycles. The molecule has 0 spiro atoms. The van der Waals surface area contributed by atoms with Crippen molar-refractivity contribution in [3.63, 3.8) is 0 Å². The largest absolute Gasteiger partial charge is 0.425 e. The molecule has 0 saturated heterocycles. The van der Waals surface area contributed by atoms with Crippen LogP contribution in [0, 0.1) is 0 Å². The maximum atomic E-state index is 12.6. The van der Waals surface area contributed by atoms with Crippen molar-refractivity contribution in [3.05, 3.63) is 0 Å². The molecule has 1 nitrogen and oxygen atoms in total. The molecule has 0 amide bonds. The second-order valence-corrected chi connectivity index (χ2v) is 11.7. The third kappa shape index (κ3) is 3.83. The molecule has 0 fully saturated rings. The van der Waals surface area contributed by atoms with E-state index in [1.807, 2.05) is 0 Å². The van der Waals surface area contributed by atoms with E-state index in [-0.39, 0.29) is 0 Å². The molecular formula is C5H5Cl3F6OSi. The van der Waals surface area contributed by atoms with E-state index in [4.69, 9.17) is 33.2 Å². The lowest BCUT2D eigenvalue weighted by atomic mass is 10.3. The van der Waals surface area contributed by atoms with Crippen LogP contribution in [0.5, 0.6) is 0 Å². The zero-order valence-corrected chi connectivity index (χ0v) is 10.7. The van der Waals surface area contributed by atoms with Crippen LogP contribution < -0.4 is 0 Å². The van der Waals surface area contributed by atoms with E-state index in [0.717, 1.165) is 6.92 Å². The van der Waals surface area contributed by atoms with Gasteiger partial charge in [0, 0.05) is 0 Å². The number of hydrogen-bond acceptors (Lipinski definition) is 1. The topological polar surface area (TPSA) is 9.23 Å². The lowest BCUT2D eigenvalue weighted by Crippen LogP contribution is -2.52. The fraction of sp³-hybridized carbons (Fsp3) is 1.00. The summed E-state index contributed by atoms with van der Waals surface area (Å²) in [5.74, 6) is -5.65. The lowest BCUT2D eigenvalue weighted by molar-refractivity contribution is -0.377. The number of halogens is 9. The van der Waals surface area contributed by atoms with Crippen molar-refractivity contribution in [3.8, 4) is 0 Å². The SMILES string of the molecule is CC(OC(F)(F)C(F)(F)C(F)F)[Si](Cl)(Cl)Cl. The maximum Gasteiger partial charge on any atom is 0.425 e. The third-order valence-corrected chi connectivity index (χ3v) is 5.25. The van der Waals surface area contributed by atoms with Gasteiger partial charge in [0.1, 0.15) is 0 Å². The first-order valence-corrected chi connectivity index (χ1v) is 8.72. The average Bonchev–Trinajstić information content (AvgIpc) is 2.00. The van der Waals surface area contributed by atoms with Crippen LogP contribution in [0.4, 0.5) is 26.3 Å². The van der Waals surface area contributed by atoms with Gasteiger partial charge in [0.25, 0.3) is 0 Å². The lowest BCUT2D eigenvalue weighted by Gasteiger charge is -2.29.